The summed E-state index contributed by atoms with van der Waals surface area (Å²) >= 11 is 0. The number of nitrogens with zero attached hydrogens (tertiary/aromatic N) is 1. The lowest BCUT2D eigenvalue weighted by Crippen LogP contribution is -2.42. The molecule has 112 valence electrons. The van der Waals surface area contributed by atoms with Gasteiger partial charge in [-0.25, -0.2) is 4.79 Å². The first-order valence-electron chi connectivity index (χ1n) is 7.45. The first kappa shape index (κ1) is 15.1. The molecule has 0 unspecified atom stereocenters. The minimum atomic E-state index is -0.941. The summed E-state index contributed by atoms with van der Waals surface area (Å²) in [5.41, 5.74) is 0.219. The van der Waals surface area contributed by atoms with Crippen LogP contribution in [0.2, 0.25) is 0 Å². The maximum absolute atomic E-state index is 10.8. The molecular formula is C15H24N2O3. The molecule has 0 atom stereocenters. The SMILES string of the molecule is CCCCN1CCC(NCc2cc(C(=O)O)co2)CC1. The Morgan fingerprint density at radius 3 is 2.85 bits per heavy atom. The van der Waals surface area contributed by atoms with Crippen LogP contribution in [0, 0.1) is 0 Å². The minimum Gasteiger partial charge on any atom is -0.478 e. The molecule has 0 spiro atoms. The fourth-order valence-electron chi connectivity index (χ4n) is 2.57. The van der Waals surface area contributed by atoms with Crippen LogP contribution in [0.1, 0.15) is 48.7 Å². The van der Waals surface area contributed by atoms with Gasteiger partial charge < -0.3 is 19.7 Å². The number of aromatic carboxylic acids is 1. The summed E-state index contributed by atoms with van der Waals surface area (Å²) in [6.45, 7) is 6.34. The van der Waals surface area contributed by atoms with Crippen LogP contribution >= 0.6 is 0 Å². The third-order valence-electron chi connectivity index (χ3n) is 3.88. The van der Waals surface area contributed by atoms with E-state index in [9.17, 15) is 4.79 Å². The number of unbranched alkanes of at least 4 members (excludes halogenated alkanes) is 1. The molecule has 20 heavy (non-hydrogen) atoms. The van der Waals surface area contributed by atoms with Gasteiger partial charge in [-0.3, -0.25) is 0 Å². The van der Waals surface area contributed by atoms with E-state index in [-0.39, 0.29) is 5.56 Å². The Bertz CT molecular complexity index is 423. The van der Waals surface area contributed by atoms with E-state index in [1.54, 1.807) is 6.07 Å². The molecule has 1 aliphatic heterocycles. The minimum absolute atomic E-state index is 0.219. The molecule has 1 aliphatic rings. The van der Waals surface area contributed by atoms with Crippen molar-refractivity contribution in [1.29, 1.82) is 0 Å². The van der Waals surface area contributed by atoms with Crippen LogP contribution in [0.5, 0.6) is 0 Å². The molecular weight excluding hydrogens is 256 g/mol. The van der Waals surface area contributed by atoms with Gasteiger partial charge in [0.25, 0.3) is 0 Å². The molecule has 5 nitrogen and oxygen atoms in total. The molecule has 0 saturated carbocycles. The van der Waals surface area contributed by atoms with Crippen LogP contribution in [0.3, 0.4) is 0 Å². The van der Waals surface area contributed by atoms with Gasteiger partial charge in [-0.2, -0.15) is 0 Å². The van der Waals surface area contributed by atoms with Crippen molar-refractivity contribution >= 4 is 5.97 Å². The van der Waals surface area contributed by atoms with Gasteiger partial charge in [-0.05, 0) is 45.0 Å². The summed E-state index contributed by atoms with van der Waals surface area (Å²) in [7, 11) is 0. The lowest BCUT2D eigenvalue weighted by atomic mass is 10.0. The van der Waals surface area contributed by atoms with E-state index < -0.39 is 5.97 Å². The van der Waals surface area contributed by atoms with Crippen molar-refractivity contribution in [3.05, 3.63) is 23.7 Å². The summed E-state index contributed by atoms with van der Waals surface area (Å²) in [6, 6.07) is 2.09. The predicted octanol–water partition coefficient (Wildman–Crippen LogP) is 2.33. The zero-order valence-corrected chi connectivity index (χ0v) is 12.1. The lowest BCUT2D eigenvalue weighted by molar-refractivity contribution is 0.0696. The molecule has 1 saturated heterocycles. The third kappa shape index (κ3) is 4.35. The van der Waals surface area contributed by atoms with Gasteiger partial charge >= 0.3 is 5.97 Å². The van der Waals surface area contributed by atoms with E-state index in [1.807, 2.05) is 0 Å². The largest absolute Gasteiger partial charge is 0.478 e. The highest BCUT2D eigenvalue weighted by Crippen LogP contribution is 2.13. The van der Waals surface area contributed by atoms with Crippen molar-refractivity contribution in [2.75, 3.05) is 19.6 Å². The second kappa shape index (κ2) is 7.45. The van der Waals surface area contributed by atoms with E-state index in [0.29, 0.717) is 18.3 Å². The zero-order chi connectivity index (χ0) is 14.4. The van der Waals surface area contributed by atoms with E-state index in [1.165, 1.54) is 25.6 Å². The van der Waals surface area contributed by atoms with Crippen molar-refractivity contribution in [3.8, 4) is 0 Å². The molecule has 5 heteroatoms. The first-order chi connectivity index (χ1) is 9.69. The predicted molar refractivity (Wildman–Crippen MR) is 76.9 cm³/mol. The van der Waals surface area contributed by atoms with Crippen molar-refractivity contribution in [2.45, 2.75) is 45.2 Å². The average molecular weight is 280 g/mol. The van der Waals surface area contributed by atoms with Gasteiger partial charge in [0, 0.05) is 6.04 Å². The normalized spacial score (nSPS) is 17.4. The molecule has 1 aromatic heterocycles. The molecule has 0 aliphatic carbocycles. The zero-order valence-electron chi connectivity index (χ0n) is 12.1. The van der Waals surface area contributed by atoms with E-state index in [0.717, 1.165) is 25.9 Å². The van der Waals surface area contributed by atoms with Gasteiger partial charge in [0.2, 0.25) is 0 Å². The molecule has 2 rings (SSSR count). The first-order valence-corrected chi connectivity index (χ1v) is 7.45. The highest BCUT2D eigenvalue weighted by Gasteiger charge is 2.18. The number of carboxylic acid groups (broad SMARTS) is 1. The number of carboxylic acids is 1. The smallest absolute Gasteiger partial charge is 0.338 e. The Hall–Kier alpha value is -1.33. The van der Waals surface area contributed by atoms with Crippen LogP contribution in [0.4, 0.5) is 0 Å². The Balaban J connectivity index is 1.69. The Labute approximate surface area is 119 Å². The van der Waals surface area contributed by atoms with Crippen molar-refractivity contribution in [2.24, 2.45) is 0 Å². The molecule has 0 aromatic carbocycles. The number of rotatable bonds is 7. The highest BCUT2D eigenvalue weighted by molar-refractivity contribution is 5.87. The number of hydrogen-bond acceptors (Lipinski definition) is 4. The standard InChI is InChI=1S/C15H24N2O3/c1-2-3-6-17-7-4-13(5-8-17)16-10-14-9-12(11-20-14)15(18)19/h9,11,13,16H,2-8,10H2,1H3,(H,18,19). The number of furan rings is 1. The van der Waals surface area contributed by atoms with Crippen molar-refractivity contribution in [1.82, 2.24) is 10.2 Å². The highest BCUT2D eigenvalue weighted by atomic mass is 16.4. The van der Waals surface area contributed by atoms with E-state index in [2.05, 4.69) is 17.1 Å². The maximum Gasteiger partial charge on any atom is 0.338 e. The van der Waals surface area contributed by atoms with Crippen LogP contribution in [-0.2, 0) is 6.54 Å². The van der Waals surface area contributed by atoms with Gasteiger partial charge in [0.1, 0.15) is 12.0 Å². The van der Waals surface area contributed by atoms with Crippen LogP contribution in [0.25, 0.3) is 0 Å². The fraction of sp³-hybridized carbons (Fsp3) is 0.667. The Morgan fingerprint density at radius 2 is 2.25 bits per heavy atom. The molecule has 0 radical (unpaired) electrons. The fourth-order valence-corrected chi connectivity index (χ4v) is 2.57. The second-order valence-corrected chi connectivity index (χ2v) is 5.46. The van der Waals surface area contributed by atoms with Gasteiger partial charge in [-0.15, -0.1) is 0 Å². The number of piperidine rings is 1. The summed E-state index contributed by atoms with van der Waals surface area (Å²) in [5, 5.41) is 12.3. The summed E-state index contributed by atoms with van der Waals surface area (Å²) < 4.78 is 5.24. The lowest BCUT2D eigenvalue weighted by Gasteiger charge is -2.32. The van der Waals surface area contributed by atoms with Crippen molar-refractivity contribution < 1.29 is 14.3 Å². The third-order valence-corrected chi connectivity index (χ3v) is 3.88. The molecule has 2 N–H and O–H groups in total. The van der Waals surface area contributed by atoms with Gasteiger partial charge in [0.15, 0.2) is 0 Å². The molecule has 1 fully saturated rings. The van der Waals surface area contributed by atoms with E-state index in [4.69, 9.17) is 9.52 Å². The van der Waals surface area contributed by atoms with Crippen LogP contribution in [-0.4, -0.2) is 41.7 Å². The summed E-state index contributed by atoms with van der Waals surface area (Å²) in [6.07, 6.45) is 6.13. The topological polar surface area (TPSA) is 65.7 Å². The number of hydrogen-bond donors (Lipinski definition) is 2. The maximum atomic E-state index is 10.8. The monoisotopic (exact) mass is 280 g/mol. The second-order valence-electron chi connectivity index (χ2n) is 5.46. The number of nitrogens with one attached hydrogen (secondary N) is 1. The Kier molecular flexibility index (Phi) is 5.61. The van der Waals surface area contributed by atoms with Crippen LogP contribution < -0.4 is 5.32 Å². The average Bonchev–Trinajstić information content (AvgIpc) is 2.93. The molecule has 0 amide bonds. The molecule has 1 aromatic rings. The molecule has 0 bridgehead atoms. The summed E-state index contributed by atoms with van der Waals surface area (Å²) in [4.78, 5) is 13.3. The van der Waals surface area contributed by atoms with Crippen LogP contribution in [0.15, 0.2) is 16.7 Å². The van der Waals surface area contributed by atoms with E-state index >= 15 is 0 Å². The number of carbonyl (C=O) groups is 1. The van der Waals surface area contributed by atoms with Crippen molar-refractivity contribution in [3.63, 3.8) is 0 Å². The molecule has 2 heterocycles. The Morgan fingerprint density at radius 1 is 1.50 bits per heavy atom. The quantitative estimate of drug-likeness (QED) is 0.802. The number of likely N-dealkylation sites (tertiary alicyclic amines) is 1. The summed E-state index contributed by atoms with van der Waals surface area (Å²) in [5.74, 6) is -0.250. The van der Waals surface area contributed by atoms with Gasteiger partial charge in [0.05, 0.1) is 12.1 Å². The van der Waals surface area contributed by atoms with Gasteiger partial charge in [-0.1, -0.05) is 13.3 Å².